The number of nitrogens with zero attached hydrogens (tertiary/aromatic N) is 1. The summed E-state index contributed by atoms with van der Waals surface area (Å²) in [6.07, 6.45) is 2.04. The molecule has 34 heavy (non-hydrogen) atoms. The van der Waals surface area contributed by atoms with Gasteiger partial charge in [0, 0.05) is 35.1 Å². The third kappa shape index (κ3) is 5.55. The lowest BCUT2D eigenvalue weighted by Gasteiger charge is -2.27. The topological polar surface area (TPSA) is 123 Å². The van der Waals surface area contributed by atoms with Crippen LogP contribution in [0.3, 0.4) is 0 Å². The fourth-order valence-electron chi connectivity index (χ4n) is 3.84. The molecule has 4 N–H and O–H groups in total. The molecule has 3 aromatic rings. The predicted molar refractivity (Wildman–Crippen MR) is 127 cm³/mol. The maximum Gasteiger partial charge on any atom is 0.243 e. The summed E-state index contributed by atoms with van der Waals surface area (Å²) in [5.41, 5.74) is 2.53. The van der Waals surface area contributed by atoms with E-state index in [-0.39, 0.29) is 50.3 Å². The lowest BCUT2D eigenvalue weighted by Crippen LogP contribution is -2.56. The van der Waals surface area contributed by atoms with E-state index in [1.165, 1.54) is 4.90 Å². The summed E-state index contributed by atoms with van der Waals surface area (Å²) in [7, 11) is 0. The zero-order chi connectivity index (χ0) is 24.1. The molecule has 1 aliphatic rings. The molecular weight excluding hydrogens is 458 g/mol. The van der Waals surface area contributed by atoms with Crippen LogP contribution in [0.25, 0.3) is 10.9 Å². The highest BCUT2D eigenvalue weighted by atomic mass is 35.5. The Morgan fingerprint density at radius 1 is 1.06 bits per heavy atom. The van der Waals surface area contributed by atoms with Crippen LogP contribution in [0.15, 0.2) is 54.7 Å². The van der Waals surface area contributed by atoms with Crippen molar-refractivity contribution >= 4 is 46.1 Å². The van der Waals surface area contributed by atoms with Gasteiger partial charge in [-0.15, -0.1) is 0 Å². The number of fused-ring (bicyclic) bond motifs is 1. The summed E-state index contributed by atoms with van der Waals surface area (Å²) < 4.78 is 0. The first-order chi connectivity index (χ1) is 16.4. The number of H-pyrrole nitrogens is 1. The predicted octanol–water partition coefficient (Wildman–Crippen LogP) is 1.12. The van der Waals surface area contributed by atoms with E-state index in [1.54, 1.807) is 12.1 Å². The molecule has 0 spiro atoms. The van der Waals surface area contributed by atoms with Gasteiger partial charge in [0.15, 0.2) is 0 Å². The van der Waals surface area contributed by atoms with Crippen LogP contribution in [0.2, 0.25) is 5.02 Å². The van der Waals surface area contributed by atoms with Gasteiger partial charge < -0.3 is 25.8 Å². The van der Waals surface area contributed by atoms with Crippen LogP contribution >= 0.6 is 11.6 Å². The third-order valence-corrected chi connectivity index (χ3v) is 5.99. The van der Waals surface area contributed by atoms with Gasteiger partial charge in [0.05, 0.1) is 6.54 Å². The number of nitrogens with one attached hydrogen (secondary N) is 4. The molecule has 10 heteroatoms. The molecule has 4 amide bonds. The molecule has 2 heterocycles. The van der Waals surface area contributed by atoms with Gasteiger partial charge in [-0.05, 0) is 23.3 Å². The number of carbonyl (C=O) groups is 4. The number of amides is 4. The van der Waals surface area contributed by atoms with Gasteiger partial charge in [0.2, 0.25) is 23.6 Å². The van der Waals surface area contributed by atoms with Crippen molar-refractivity contribution in [2.75, 3.05) is 19.6 Å². The normalized spacial score (nSPS) is 14.6. The van der Waals surface area contributed by atoms with Crippen molar-refractivity contribution in [3.8, 4) is 0 Å². The van der Waals surface area contributed by atoms with Crippen LogP contribution in [0.5, 0.6) is 0 Å². The van der Waals surface area contributed by atoms with Crippen molar-refractivity contribution in [3.63, 3.8) is 0 Å². The summed E-state index contributed by atoms with van der Waals surface area (Å²) in [6, 6.07) is 13.9. The van der Waals surface area contributed by atoms with Gasteiger partial charge >= 0.3 is 0 Å². The van der Waals surface area contributed by atoms with Crippen LogP contribution in [0.1, 0.15) is 11.1 Å². The van der Waals surface area contributed by atoms with Gasteiger partial charge in [-0.3, -0.25) is 19.2 Å². The van der Waals surface area contributed by atoms with Crippen molar-refractivity contribution < 1.29 is 19.2 Å². The first-order valence-corrected chi connectivity index (χ1v) is 11.2. The van der Waals surface area contributed by atoms with Crippen molar-refractivity contribution in [2.45, 2.75) is 19.0 Å². The fourth-order valence-corrected chi connectivity index (χ4v) is 4.04. The van der Waals surface area contributed by atoms with E-state index in [0.29, 0.717) is 5.02 Å². The maximum absolute atomic E-state index is 13.1. The Morgan fingerprint density at radius 3 is 2.65 bits per heavy atom. The minimum atomic E-state index is -0.900. The molecule has 1 aromatic heterocycles. The quantitative estimate of drug-likeness (QED) is 0.385. The molecule has 1 saturated heterocycles. The molecular formula is C24H24ClN5O4. The van der Waals surface area contributed by atoms with Gasteiger partial charge in [0.25, 0.3) is 0 Å². The van der Waals surface area contributed by atoms with Gasteiger partial charge in [-0.25, -0.2) is 0 Å². The Morgan fingerprint density at radius 2 is 1.82 bits per heavy atom. The summed E-state index contributed by atoms with van der Waals surface area (Å²) in [4.78, 5) is 53.8. The van der Waals surface area contributed by atoms with E-state index < -0.39 is 11.9 Å². The summed E-state index contributed by atoms with van der Waals surface area (Å²) in [5, 5.41) is 9.48. The first-order valence-electron chi connectivity index (χ1n) is 10.8. The number of benzene rings is 2. The van der Waals surface area contributed by atoms with Gasteiger partial charge in [-0.1, -0.05) is 48.0 Å². The average Bonchev–Trinajstić information content (AvgIpc) is 3.23. The number of aromatic amines is 1. The second kappa shape index (κ2) is 10.4. The number of carbonyl (C=O) groups excluding carboxylic acids is 4. The summed E-state index contributed by atoms with van der Waals surface area (Å²) in [6.45, 7) is -0.459. The fraction of sp³-hybridized carbons (Fsp3) is 0.250. The Bertz CT molecular complexity index is 1240. The van der Waals surface area contributed by atoms with Gasteiger partial charge in [-0.2, -0.15) is 0 Å². The van der Waals surface area contributed by atoms with E-state index in [9.17, 15) is 19.2 Å². The average molecular weight is 482 g/mol. The van der Waals surface area contributed by atoms with E-state index in [1.807, 2.05) is 42.6 Å². The number of aromatic nitrogens is 1. The Labute approximate surface area is 200 Å². The molecule has 0 bridgehead atoms. The molecule has 176 valence electrons. The Hall–Kier alpha value is -3.85. The Balaban J connectivity index is 1.48. The van der Waals surface area contributed by atoms with Crippen molar-refractivity contribution in [1.29, 1.82) is 0 Å². The molecule has 0 saturated carbocycles. The molecule has 1 fully saturated rings. The summed E-state index contributed by atoms with van der Waals surface area (Å²) >= 11 is 6.19. The highest BCUT2D eigenvalue weighted by Crippen LogP contribution is 2.19. The molecule has 1 aliphatic heterocycles. The second-order valence-electron chi connectivity index (χ2n) is 8.02. The second-order valence-corrected chi connectivity index (χ2v) is 8.43. The molecule has 4 rings (SSSR count). The molecule has 0 aliphatic carbocycles. The van der Waals surface area contributed by atoms with Crippen LogP contribution in [0.4, 0.5) is 0 Å². The largest absolute Gasteiger partial charge is 0.361 e. The van der Waals surface area contributed by atoms with E-state index in [0.717, 1.165) is 22.0 Å². The number of hydrogen-bond acceptors (Lipinski definition) is 4. The SMILES string of the molecule is O=C1CN(CC(=O)NC(Cc2c[nH]c3ccccc23)C(=O)NCc2ccccc2Cl)C(=O)CN1. The maximum atomic E-state index is 13.1. The number of piperazine rings is 1. The summed E-state index contributed by atoms with van der Waals surface area (Å²) in [5.74, 6) is -1.60. The number of halogens is 1. The lowest BCUT2D eigenvalue weighted by molar-refractivity contribution is -0.143. The lowest BCUT2D eigenvalue weighted by atomic mass is 10.0. The van der Waals surface area contributed by atoms with Crippen molar-refractivity contribution in [1.82, 2.24) is 25.8 Å². The monoisotopic (exact) mass is 481 g/mol. The first kappa shape index (κ1) is 23.3. The van der Waals surface area contributed by atoms with Gasteiger partial charge in [0.1, 0.15) is 19.1 Å². The van der Waals surface area contributed by atoms with E-state index in [4.69, 9.17) is 11.6 Å². The molecule has 1 atom stereocenters. The molecule has 2 aromatic carbocycles. The van der Waals surface area contributed by atoms with E-state index >= 15 is 0 Å². The smallest absolute Gasteiger partial charge is 0.243 e. The standard InChI is InChI=1S/C24H24ClN5O4/c25-18-7-3-1-5-15(18)10-28-24(34)20(9-16-11-26-19-8-4-2-6-17(16)19)29-22(32)14-30-13-21(31)27-12-23(30)33/h1-8,11,20,26H,9-10,12-14H2,(H,27,31)(H,28,34)(H,29,32). The molecule has 9 nitrogen and oxygen atoms in total. The van der Waals surface area contributed by atoms with Crippen molar-refractivity contribution in [3.05, 3.63) is 70.9 Å². The zero-order valence-electron chi connectivity index (χ0n) is 18.3. The number of para-hydroxylation sites is 1. The molecule has 0 radical (unpaired) electrons. The van der Waals surface area contributed by atoms with Crippen molar-refractivity contribution in [2.24, 2.45) is 0 Å². The van der Waals surface area contributed by atoms with Crippen LogP contribution in [-0.2, 0) is 32.1 Å². The van der Waals surface area contributed by atoms with E-state index in [2.05, 4.69) is 20.9 Å². The van der Waals surface area contributed by atoms with Crippen LogP contribution in [0, 0.1) is 0 Å². The number of hydrogen-bond donors (Lipinski definition) is 4. The minimum absolute atomic E-state index is 0.150. The molecule has 1 unspecified atom stereocenters. The zero-order valence-corrected chi connectivity index (χ0v) is 19.0. The number of rotatable bonds is 8. The van der Waals surface area contributed by atoms with Crippen LogP contribution < -0.4 is 16.0 Å². The Kier molecular flexibility index (Phi) is 7.12. The third-order valence-electron chi connectivity index (χ3n) is 5.62. The highest BCUT2D eigenvalue weighted by Gasteiger charge is 2.28. The minimum Gasteiger partial charge on any atom is -0.361 e. The highest BCUT2D eigenvalue weighted by molar-refractivity contribution is 6.31. The van der Waals surface area contributed by atoms with Crippen LogP contribution in [-0.4, -0.2) is 59.2 Å².